The Hall–Kier alpha value is -0.540. The normalized spacial score (nSPS) is 23.8. The molecule has 20 heavy (non-hydrogen) atoms. The van der Waals surface area contributed by atoms with Gasteiger partial charge in [0.1, 0.15) is 5.75 Å². The van der Waals surface area contributed by atoms with Crippen molar-refractivity contribution in [3.8, 4) is 5.75 Å². The third-order valence-electron chi connectivity index (χ3n) is 4.39. The fourth-order valence-electron chi connectivity index (χ4n) is 3.39. The largest absolute Gasteiger partial charge is 0.493 e. The number of rotatable bonds is 6. The maximum absolute atomic E-state index is 5.61. The zero-order valence-electron chi connectivity index (χ0n) is 12.8. The minimum Gasteiger partial charge on any atom is -0.493 e. The van der Waals surface area contributed by atoms with Crippen molar-refractivity contribution in [1.82, 2.24) is 5.32 Å². The fraction of sp³-hybridized carbons (Fsp3) is 0.647. The first kappa shape index (κ1) is 15.8. The monoisotopic (exact) mass is 339 g/mol. The third kappa shape index (κ3) is 3.56. The van der Waals surface area contributed by atoms with Crippen molar-refractivity contribution < 1.29 is 4.74 Å². The van der Waals surface area contributed by atoms with E-state index in [1.54, 1.807) is 0 Å². The van der Waals surface area contributed by atoms with E-state index >= 15 is 0 Å². The van der Waals surface area contributed by atoms with Crippen LogP contribution in [0.25, 0.3) is 0 Å². The van der Waals surface area contributed by atoms with Crippen LogP contribution in [-0.4, -0.2) is 13.2 Å². The maximum Gasteiger partial charge on any atom is 0.133 e. The van der Waals surface area contributed by atoms with Crippen LogP contribution in [0.2, 0.25) is 0 Å². The second kappa shape index (κ2) is 7.46. The lowest BCUT2D eigenvalue weighted by Crippen LogP contribution is -2.29. The molecule has 0 radical (unpaired) electrons. The number of halogens is 1. The van der Waals surface area contributed by atoms with Crippen LogP contribution in [0.3, 0.4) is 0 Å². The van der Waals surface area contributed by atoms with Crippen LogP contribution in [0.1, 0.15) is 51.6 Å². The number of hydrogen-bond acceptors (Lipinski definition) is 2. The van der Waals surface area contributed by atoms with Crippen LogP contribution in [0.15, 0.2) is 22.7 Å². The summed E-state index contributed by atoms with van der Waals surface area (Å²) < 4.78 is 6.67. The van der Waals surface area contributed by atoms with Gasteiger partial charge in [-0.1, -0.05) is 32.8 Å². The molecule has 3 heteroatoms. The summed E-state index contributed by atoms with van der Waals surface area (Å²) >= 11 is 3.64. The van der Waals surface area contributed by atoms with Gasteiger partial charge >= 0.3 is 0 Å². The first-order chi connectivity index (χ1) is 9.67. The van der Waals surface area contributed by atoms with E-state index in [-0.39, 0.29) is 0 Å². The molecule has 0 heterocycles. The average Bonchev–Trinajstić information content (AvgIpc) is 2.85. The van der Waals surface area contributed by atoms with Crippen molar-refractivity contribution in [2.24, 2.45) is 11.8 Å². The lowest BCUT2D eigenvalue weighted by atomic mass is 9.86. The summed E-state index contributed by atoms with van der Waals surface area (Å²) in [5.41, 5.74) is 1.38. The fourth-order valence-corrected chi connectivity index (χ4v) is 3.90. The van der Waals surface area contributed by atoms with Crippen LogP contribution in [0.4, 0.5) is 0 Å². The Balaban J connectivity index is 2.22. The van der Waals surface area contributed by atoms with E-state index in [1.165, 1.54) is 24.8 Å². The molecule has 1 saturated carbocycles. The van der Waals surface area contributed by atoms with Gasteiger partial charge in [-0.25, -0.2) is 0 Å². The quantitative estimate of drug-likeness (QED) is 0.792. The van der Waals surface area contributed by atoms with Gasteiger partial charge in [-0.2, -0.15) is 0 Å². The summed E-state index contributed by atoms with van der Waals surface area (Å²) in [5, 5.41) is 3.69. The minimum atomic E-state index is 0.462. The van der Waals surface area contributed by atoms with Gasteiger partial charge in [-0.15, -0.1) is 0 Å². The third-order valence-corrected chi connectivity index (χ3v) is 5.01. The van der Waals surface area contributed by atoms with Crippen molar-refractivity contribution >= 4 is 15.9 Å². The smallest absolute Gasteiger partial charge is 0.133 e. The zero-order valence-corrected chi connectivity index (χ0v) is 14.4. The standard InChI is InChI=1S/C17H26BrNO/c1-4-19-17(14-8-6-7-12(14)3)13-9-10-16(20-5-2)15(18)11-13/h9-12,14,17,19H,4-8H2,1-3H3. The molecule has 1 aliphatic carbocycles. The molecule has 3 atom stereocenters. The first-order valence-electron chi connectivity index (χ1n) is 7.83. The zero-order chi connectivity index (χ0) is 14.5. The van der Waals surface area contributed by atoms with Gasteiger partial charge in [0.05, 0.1) is 11.1 Å². The second-order valence-corrected chi connectivity index (χ2v) is 6.58. The lowest BCUT2D eigenvalue weighted by molar-refractivity contribution is 0.304. The Morgan fingerprint density at radius 3 is 2.70 bits per heavy atom. The SMILES string of the molecule is CCNC(c1ccc(OCC)c(Br)c1)C1CCCC1C. The van der Waals surface area contributed by atoms with Crippen molar-refractivity contribution in [3.63, 3.8) is 0 Å². The molecule has 1 fully saturated rings. The summed E-state index contributed by atoms with van der Waals surface area (Å²) in [6, 6.07) is 6.99. The number of hydrogen-bond donors (Lipinski definition) is 1. The van der Waals surface area contributed by atoms with Gasteiger partial charge in [0.25, 0.3) is 0 Å². The van der Waals surface area contributed by atoms with Gasteiger partial charge in [-0.05, 0) is 65.4 Å². The van der Waals surface area contributed by atoms with E-state index in [0.717, 1.165) is 28.6 Å². The highest BCUT2D eigenvalue weighted by atomic mass is 79.9. The average molecular weight is 340 g/mol. The molecule has 1 aromatic rings. The van der Waals surface area contributed by atoms with Crippen LogP contribution in [-0.2, 0) is 0 Å². The Morgan fingerprint density at radius 1 is 1.35 bits per heavy atom. The molecule has 2 rings (SSSR count). The van der Waals surface area contributed by atoms with Gasteiger partial charge in [0.2, 0.25) is 0 Å². The summed E-state index contributed by atoms with van der Waals surface area (Å²) in [6.45, 7) is 8.32. The van der Waals surface area contributed by atoms with Crippen LogP contribution in [0.5, 0.6) is 5.75 Å². The molecule has 112 valence electrons. The molecule has 0 aliphatic heterocycles. The second-order valence-electron chi connectivity index (χ2n) is 5.73. The highest BCUT2D eigenvalue weighted by molar-refractivity contribution is 9.10. The topological polar surface area (TPSA) is 21.3 Å². The maximum atomic E-state index is 5.61. The van der Waals surface area contributed by atoms with Gasteiger partial charge in [0, 0.05) is 6.04 Å². The summed E-state index contributed by atoms with van der Waals surface area (Å²) in [5.74, 6) is 2.50. The molecule has 1 aliphatic rings. The van der Waals surface area contributed by atoms with Crippen LogP contribution in [0, 0.1) is 11.8 Å². The molecule has 0 spiro atoms. The van der Waals surface area contributed by atoms with E-state index in [2.05, 4.69) is 53.3 Å². The molecule has 1 aromatic carbocycles. The highest BCUT2D eigenvalue weighted by Crippen LogP contribution is 2.41. The molecule has 0 saturated heterocycles. The van der Waals surface area contributed by atoms with Gasteiger partial charge in [-0.3, -0.25) is 0 Å². The van der Waals surface area contributed by atoms with E-state index in [4.69, 9.17) is 4.74 Å². The Kier molecular flexibility index (Phi) is 5.91. The van der Waals surface area contributed by atoms with Crippen molar-refractivity contribution in [2.75, 3.05) is 13.2 Å². The summed E-state index contributed by atoms with van der Waals surface area (Å²) in [6.07, 6.45) is 4.07. The Bertz CT molecular complexity index is 435. The number of benzene rings is 1. The van der Waals surface area contributed by atoms with Crippen molar-refractivity contribution in [3.05, 3.63) is 28.2 Å². The van der Waals surface area contributed by atoms with Gasteiger partial charge in [0.15, 0.2) is 0 Å². The number of nitrogens with one attached hydrogen (secondary N) is 1. The first-order valence-corrected chi connectivity index (χ1v) is 8.62. The summed E-state index contributed by atoms with van der Waals surface area (Å²) in [4.78, 5) is 0. The molecule has 1 N–H and O–H groups in total. The predicted octanol–water partition coefficient (Wildman–Crippen LogP) is 4.93. The van der Waals surface area contributed by atoms with Crippen molar-refractivity contribution in [1.29, 1.82) is 0 Å². The molecule has 0 bridgehead atoms. The molecule has 0 amide bonds. The highest BCUT2D eigenvalue weighted by Gasteiger charge is 2.31. The lowest BCUT2D eigenvalue weighted by Gasteiger charge is -2.28. The van der Waals surface area contributed by atoms with E-state index in [9.17, 15) is 0 Å². The minimum absolute atomic E-state index is 0.462. The molecule has 0 aromatic heterocycles. The van der Waals surface area contributed by atoms with Crippen LogP contribution < -0.4 is 10.1 Å². The van der Waals surface area contributed by atoms with E-state index in [0.29, 0.717) is 12.6 Å². The van der Waals surface area contributed by atoms with Crippen LogP contribution >= 0.6 is 15.9 Å². The Morgan fingerprint density at radius 2 is 2.15 bits per heavy atom. The van der Waals surface area contributed by atoms with Gasteiger partial charge < -0.3 is 10.1 Å². The predicted molar refractivity (Wildman–Crippen MR) is 88.2 cm³/mol. The number of ether oxygens (including phenoxy) is 1. The van der Waals surface area contributed by atoms with E-state index in [1.807, 2.05) is 6.92 Å². The molecular weight excluding hydrogens is 314 g/mol. The van der Waals surface area contributed by atoms with Crippen molar-refractivity contribution in [2.45, 2.75) is 46.1 Å². The summed E-state index contributed by atoms with van der Waals surface area (Å²) in [7, 11) is 0. The Labute approximate surface area is 131 Å². The van der Waals surface area contributed by atoms with E-state index < -0.39 is 0 Å². The molecular formula is C17H26BrNO. The molecule has 2 nitrogen and oxygen atoms in total. The molecule has 3 unspecified atom stereocenters.